The third kappa shape index (κ3) is 5.84. The van der Waals surface area contributed by atoms with Crippen LogP contribution in [0.1, 0.15) is 28.4 Å². The van der Waals surface area contributed by atoms with Crippen molar-refractivity contribution in [1.82, 2.24) is 5.32 Å². The number of benzene rings is 2. The number of hydrogen-bond donors (Lipinski definition) is 1. The predicted molar refractivity (Wildman–Crippen MR) is 91.0 cm³/mol. The third-order valence-corrected chi connectivity index (χ3v) is 3.56. The molecule has 0 saturated carbocycles. The van der Waals surface area contributed by atoms with Crippen molar-refractivity contribution in [3.8, 4) is 5.75 Å². The van der Waals surface area contributed by atoms with Crippen molar-refractivity contribution in [1.29, 1.82) is 0 Å². The molecule has 0 aliphatic heterocycles. The standard InChI is InChI=1S/C19H19F2NO4/c1-12-3-5-14(6-4-12)11-22-17(23)13(2)25-18(24)15-7-9-16(10-8-15)26-19(20)21/h3-10,13,19H,11H2,1-2H3,(H,22,23)/t13-/m0/s1. The van der Waals surface area contributed by atoms with E-state index in [1.54, 1.807) is 0 Å². The Balaban J connectivity index is 1.85. The quantitative estimate of drug-likeness (QED) is 0.765. The fourth-order valence-corrected chi connectivity index (χ4v) is 2.09. The lowest BCUT2D eigenvalue weighted by atomic mass is 10.1. The van der Waals surface area contributed by atoms with Gasteiger partial charge in [-0.2, -0.15) is 8.78 Å². The number of carbonyl (C=O) groups excluding carboxylic acids is 2. The molecule has 0 saturated heterocycles. The number of esters is 1. The predicted octanol–water partition coefficient (Wildman–Crippen LogP) is 3.46. The van der Waals surface area contributed by atoms with Gasteiger partial charge in [0, 0.05) is 6.54 Å². The summed E-state index contributed by atoms with van der Waals surface area (Å²) in [6.07, 6.45) is -0.995. The highest BCUT2D eigenvalue weighted by molar-refractivity contribution is 5.92. The minimum atomic E-state index is -2.94. The number of halogens is 2. The molecule has 1 atom stereocenters. The van der Waals surface area contributed by atoms with Gasteiger partial charge >= 0.3 is 12.6 Å². The number of ether oxygens (including phenoxy) is 2. The summed E-state index contributed by atoms with van der Waals surface area (Å²) in [4.78, 5) is 24.0. The summed E-state index contributed by atoms with van der Waals surface area (Å²) in [6.45, 7) is 0.804. The Morgan fingerprint density at radius 3 is 2.23 bits per heavy atom. The lowest BCUT2D eigenvalue weighted by molar-refractivity contribution is -0.129. The molecule has 0 heterocycles. The fraction of sp³-hybridized carbons (Fsp3) is 0.263. The second-order valence-corrected chi connectivity index (χ2v) is 5.65. The molecule has 0 fully saturated rings. The summed E-state index contributed by atoms with van der Waals surface area (Å²) >= 11 is 0. The van der Waals surface area contributed by atoms with Crippen LogP contribution in [0.5, 0.6) is 5.75 Å². The fourth-order valence-electron chi connectivity index (χ4n) is 2.09. The maximum atomic E-state index is 12.1. The van der Waals surface area contributed by atoms with Gasteiger partial charge in [0.25, 0.3) is 5.91 Å². The highest BCUT2D eigenvalue weighted by Gasteiger charge is 2.19. The molecule has 5 nitrogen and oxygen atoms in total. The number of amides is 1. The van der Waals surface area contributed by atoms with Crippen LogP contribution in [0.4, 0.5) is 8.78 Å². The largest absolute Gasteiger partial charge is 0.449 e. The summed E-state index contributed by atoms with van der Waals surface area (Å²) in [5.74, 6) is -1.23. The minimum absolute atomic E-state index is 0.0690. The van der Waals surface area contributed by atoms with E-state index in [0.717, 1.165) is 11.1 Å². The first-order chi connectivity index (χ1) is 12.3. The number of rotatable bonds is 7. The van der Waals surface area contributed by atoms with E-state index in [0.29, 0.717) is 6.54 Å². The van der Waals surface area contributed by atoms with Gasteiger partial charge in [-0.05, 0) is 43.7 Å². The Labute approximate surface area is 149 Å². The second kappa shape index (κ2) is 8.94. The Bertz CT molecular complexity index is 745. The van der Waals surface area contributed by atoms with Gasteiger partial charge in [0.2, 0.25) is 0 Å². The van der Waals surface area contributed by atoms with E-state index in [4.69, 9.17) is 4.74 Å². The Morgan fingerprint density at radius 1 is 1.04 bits per heavy atom. The molecule has 0 aromatic heterocycles. The highest BCUT2D eigenvalue weighted by Crippen LogP contribution is 2.16. The topological polar surface area (TPSA) is 64.6 Å². The van der Waals surface area contributed by atoms with E-state index in [1.807, 2.05) is 31.2 Å². The van der Waals surface area contributed by atoms with Crippen LogP contribution in [0.2, 0.25) is 0 Å². The number of alkyl halides is 2. The van der Waals surface area contributed by atoms with Crippen molar-refractivity contribution < 1.29 is 27.8 Å². The van der Waals surface area contributed by atoms with Crippen molar-refractivity contribution in [2.45, 2.75) is 33.1 Å². The van der Waals surface area contributed by atoms with Gasteiger partial charge in [-0.1, -0.05) is 29.8 Å². The van der Waals surface area contributed by atoms with Gasteiger partial charge < -0.3 is 14.8 Å². The van der Waals surface area contributed by atoms with Crippen molar-refractivity contribution in [2.24, 2.45) is 0 Å². The number of nitrogens with one attached hydrogen (secondary N) is 1. The molecule has 0 bridgehead atoms. The normalized spacial score (nSPS) is 11.7. The van der Waals surface area contributed by atoms with Crippen LogP contribution in [0.25, 0.3) is 0 Å². The molecule has 1 N–H and O–H groups in total. The molecule has 0 unspecified atom stereocenters. The maximum absolute atomic E-state index is 12.1. The van der Waals surface area contributed by atoms with E-state index in [2.05, 4.69) is 10.1 Å². The highest BCUT2D eigenvalue weighted by atomic mass is 19.3. The minimum Gasteiger partial charge on any atom is -0.449 e. The molecule has 0 spiro atoms. The lowest BCUT2D eigenvalue weighted by Gasteiger charge is -2.14. The van der Waals surface area contributed by atoms with Crippen LogP contribution in [-0.2, 0) is 16.1 Å². The van der Waals surface area contributed by atoms with Crippen molar-refractivity contribution in [3.05, 3.63) is 65.2 Å². The lowest BCUT2D eigenvalue weighted by Crippen LogP contribution is -2.35. The molecule has 138 valence electrons. The second-order valence-electron chi connectivity index (χ2n) is 5.65. The van der Waals surface area contributed by atoms with Gasteiger partial charge in [0.15, 0.2) is 6.10 Å². The summed E-state index contributed by atoms with van der Waals surface area (Å²) in [5.41, 5.74) is 2.18. The zero-order chi connectivity index (χ0) is 19.1. The Morgan fingerprint density at radius 2 is 1.65 bits per heavy atom. The first kappa shape index (κ1) is 19.4. The zero-order valence-electron chi connectivity index (χ0n) is 14.4. The molecule has 0 aliphatic carbocycles. The van der Waals surface area contributed by atoms with Crippen molar-refractivity contribution >= 4 is 11.9 Å². The molecule has 0 radical (unpaired) electrons. The molecular weight excluding hydrogens is 344 g/mol. The SMILES string of the molecule is Cc1ccc(CNC(=O)[C@H](C)OC(=O)c2ccc(OC(F)F)cc2)cc1. The van der Waals surface area contributed by atoms with Crippen LogP contribution in [-0.4, -0.2) is 24.6 Å². The van der Waals surface area contributed by atoms with Gasteiger partial charge in [0.1, 0.15) is 5.75 Å². The van der Waals surface area contributed by atoms with E-state index in [9.17, 15) is 18.4 Å². The van der Waals surface area contributed by atoms with E-state index >= 15 is 0 Å². The number of aryl methyl sites for hydroxylation is 1. The average molecular weight is 363 g/mol. The van der Waals surface area contributed by atoms with E-state index in [1.165, 1.54) is 31.2 Å². The first-order valence-corrected chi connectivity index (χ1v) is 7.94. The molecule has 1 amide bonds. The molecule has 0 aliphatic rings. The Kier molecular flexibility index (Phi) is 6.66. The van der Waals surface area contributed by atoms with E-state index in [-0.39, 0.29) is 11.3 Å². The van der Waals surface area contributed by atoms with E-state index < -0.39 is 24.6 Å². The summed E-state index contributed by atoms with van der Waals surface area (Å²) in [7, 11) is 0. The smallest absolute Gasteiger partial charge is 0.387 e. The zero-order valence-corrected chi connectivity index (χ0v) is 14.4. The monoisotopic (exact) mass is 363 g/mol. The van der Waals surface area contributed by atoms with Gasteiger partial charge in [-0.25, -0.2) is 4.79 Å². The van der Waals surface area contributed by atoms with Crippen LogP contribution >= 0.6 is 0 Å². The molecule has 26 heavy (non-hydrogen) atoms. The van der Waals surface area contributed by atoms with Crippen LogP contribution in [0.15, 0.2) is 48.5 Å². The molecule has 7 heteroatoms. The third-order valence-electron chi connectivity index (χ3n) is 3.56. The summed E-state index contributed by atoms with van der Waals surface area (Å²) < 4.78 is 33.5. The maximum Gasteiger partial charge on any atom is 0.387 e. The molecule has 2 rings (SSSR count). The molecule has 2 aromatic carbocycles. The van der Waals surface area contributed by atoms with Crippen LogP contribution < -0.4 is 10.1 Å². The number of hydrogen-bond acceptors (Lipinski definition) is 4. The summed E-state index contributed by atoms with van der Waals surface area (Å²) in [6, 6.07) is 12.7. The first-order valence-electron chi connectivity index (χ1n) is 7.94. The average Bonchev–Trinajstić information content (AvgIpc) is 2.61. The summed E-state index contributed by atoms with van der Waals surface area (Å²) in [5, 5.41) is 2.69. The Hall–Kier alpha value is -2.96. The van der Waals surface area contributed by atoms with Crippen molar-refractivity contribution in [2.75, 3.05) is 0 Å². The van der Waals surface area contributed by atoms with Gasteiger partial charge in [-0.3, -0.25) is 4.79 Å². The van der Waals surface area contributed by atoms with Gasteiger partial charge in [0.05, 0.1) is 5.56 Å². The van der Waals surface area contributed by atoms with Crippen LogP contribution in [0, 0.1) is 6.92 Å². The molecule has 2 aromatic rings. The number of carbonyl (C=O) groups is 2. The van der Waals surface area contributed by atoms with Crippen LogP contribution in [0.3, 0.4) is 0 Å². The van der Waals surface area contributed by atoms with Crippen molar-refractivity contribution in [3.63, 3.8) is 0 Å². The van der Waals surface area contributed by atoms with Gasteiger partial charge in [-0.15, -0.1) is 0 Å². The molecular formula is C19H19F2NO4.